The molecule has 0 aliphatic heterocycles. The molecule has 0 fully saturated rings. The van der Waals surface area contributed by atoms with Crippen molar-refractivity contribution in [1.82, 2.24) is 0 Å². The van der Waals surface area contributed by atoms with Crippen molar-refractivity contribution in [2.45, 2.75) is 20.0 Å². The van der Waals surface area contributed by atoms with Gasteiger partial charge in [0.15, 0.2) is 11.9 Å². The van der Waals surface area contributed by atoms with Gasteiger partial charge in [-0.15, -0.1) is 0 Å². The van der Waals surface area contributed by atoms with Gasteiger partial charge in [0.05, 0.1) is 0 Å². The van der Waals surface area contributed by atoms with E-state index in [1.165, 1.54) is 25.1 Å². The van der Waals surface area contributed by atoms with Crippen LogP contribution in [-0.4, -0.2) is 17.8 Å². The van der Waals surface area contributed by atoms with E-state index < -0.39 is 11.9 Å². The highest BCUT2D eigenvalue weighted by Crippen LogP contribution is 2.15. The first-order valence-electron chi connectivity index (χ1n) is 6.80. The summed E-state index contributed by atoms with van der Waals surface area (Å²) in [6.45, 7) is 3.05. The van der Waals surface area contributed by atoms with Crippen LogP contribution in [0.2, 0.25) is 0 Å². The maximum atomic E-state index is 13.1. The van der Waals surface area contributed by atoms with Crippen LogP contribution in [-0.2, 0) is 4.79 Å². The third-order valence-corrected chi connectivity index (χ3v) is 3.04. The Bertz CT molecular complexity index is 683. The molecule has 0 saturated carbocycles. The lowest BCUT2D eigenvalue weighted by molar-refractivity contribution is -0.122. The fourth-order valence-corrected chi connectivity index (χ4v) is 1.83. The maximum Gasteiger partial charge on any atom is 0.265 e. The van der Waals surface area contributed by atoms with Crippen LogP contribution >= 0.6 is 0 Å². The Kier molecular flexibility index (Phi) is 4.88. The predicted molar refractivity (Wildman–Crippen MR) is 81.6 cm³/mol. The number of carbonyl (C=O) groups excluding carboxylic acids is 2. The molecule has 0 spiro atoms. The largest absolute Gasteiger partial charge is 0.481 e. The van der Waals surface area contributed by atoms with Gasteiger partial charge in [-0.3, -0.25) is 9.59 Å². The lowest BCUT2D eigenvalue weighted by Gasteiger charge is -2.14. The average molecular weight is 301 g/mol. The standard InChI is InChI=1S/C17H16FNO3/c1-11(20)13-6-8-15(9-7-13)19-17(21)12(2)22-16-5-3-4-14(18)10-16/h3-10,12H,1-2H3,(H,19,21)/t12-/m1/s1. The van der Waals surface area contributed by atoms with Gasteiger partial charge in [0, 0.05) is 17.3 Å². The number of ketones is 1. The molecule has 2 aromatic rings. The van der Waals surface area contributed by atoms with Crippen LogP contribution in [0.5, 0.6) is 5.75 Å². The van der Waals surface area contributed by atoms with E-state index in [0.29, 0.717) is 11.3 Å². The van der Waals surface area contributed by atoms with Crippen molar-refractivity contribution >= 4 is 17.4 Å². The van der Waals surface area contributed by atoms with Gasteiger partial charge in [0.25, 0.3) is 5.91 Å². The number of carbonyl (C=O) groups is 2. The molecular weight excluding hydrogens is 285 g/mol. The van der Waals surface area contributed by atoms with E-state index in [0.717, 1.165) is 0 Å². The van der Waals surface area contributed by atoms with Crippen LogP contribution in [0.25, 0.3) is 0 Å². The highest BCUT2D eigenvalue weighted by atomic mass is 19.1. The SMILES string of the molecule is CC(=O)c1ccc(NC(=O)[C@@H](C)Oc2cccc(F)c2)cc1. The van der Waals surface area contributed by atoms with E-state index in [9.17, 15) is 14.0 Å². The van der Waals surface area contributed by atoms with E-state index >= 15 is 0 Å². The zero-order valence-corrected chi connectivity index (χ0v) is 12.3. The molecule has 1 amide bonds. The lowest BCUT2D eigenvalue weighted by atomic mass is 10.1. The van der Waals surface area contributed by atoms with Crippen molar-refractivity contribution in [3.05, 3.63) is 59.9 Å². The number of amides is 1. The molecule has 114 valence electrons. The Hall–Kier alpha value is -2.69. The Morgan fingerprint density at radius 3 is 2.41 bits per heavy atom. The molecule has 0 aliphatic carbocycles. The van der Waals surface area contributed by atoms with Gasteiger partial charge < -0.3 is 10.1 Å². The number of Topliss-reactive ketones (excluding diaryl/α,β-unsaturated/α-hetero) is 1. The summed E-state index contributed by atoms with van der Waals surface area (Å²) >= 11 is 0. The van der Waals surface area contributed by atoms with E-state index in [4.69, 9.17) is 4.74 Å². The van der Waals surface area contributed by atoms with E-state index in [2.05, 4.69) is 5.32 Å². The summed E-state index contributed by atoms with van der Waals surface area (Å²) in [5, 5.41) is 2.67. The third-order valence-electron chi connectivity index (χ3n) is 3.04. The lowest BCUT2D eigenvalue weighted by Crippen LogP contribution is -2.30. The highest BCUT2D eigenvalue weighted by Gasteiger charge is 2.15. The Balaban J connectivity index is 1.97. The summed E-state index contributed by atoms with van der Waals surface area (Å²) < 4.78 is 18.4. The number of anilines is 1. The van der Waals surface area contributed by atoms with Crippen molar-refractivity contribution in [1.29, 1.82) is 0 Å². The van der Waals surface area contributed by atoms with Gasteiger partial charge in [-0.1, -0.05) is 6.07 Å². The minimum Gasteiger partial charge on any atom is -0.481 e. The summed E-state index contributed by atoms with van der Waals surface area (Å²) in [6, 6.07) is 12.2. The Morgan fingerprint density at radius 1 is 1.14 bits per heavy atom. The van der Waals surface area contributed by atoms with E-state index in [1.54, 1.807) is 37.3 Å². The number of hydrogen-bond donors (Lipinski definition) is 1. The Labute approximate surface area is 127 Å². The molecule has 0 heterocycles. The first-order chi connectivity index (χ1) is 10.5. The van der Waals surface area contributed by atoms with Crippen LogP contribution in [0, 0.1) is 5.82 Å². The van der Waals surface area contributed by atoms with Crippen molar-refractivity contribution in [2.24, 2.45) is 0 Å². The summed E-state index contributed by atoms with van der Waals surface area (Å²) in [5.74, 6) is -0.542. The quantitative estimate of drug-likeness (QED) is 0.861. The van der Waals surface area contributed by atoms with Gasteiger partial charge in [-0.2, -0.15) is 0 Å². The maximum absolute atomic E-state index is 13.1. The molecule has 22 heavy (non-hydrogen) atoms. The van der Waals surface area contributed by atoms with Crippen molar-refractivity contribution < 1.29 is 18.7 Å². The fraction of sp³-hybridized carbons (Fsp3) is 0.176. The molecule has 0 aromatic heterocycles. The van der Waals surface area contributed by atoms with Gasteiger partial charge >= 0.3 is 0 Å². The highest BCUT2D eigenvalue weighted by molar-refractivity contribution is 5.96. The minimum atomic E-state index is -0.783. The molecule has 0 saturated heterocycles. The van der Waals surface area contributed by atoms with E-state index in [-0.39, 0.29) is 17.4 Å². The summed E-state index contributed by atoms with van der Waals surface area (Å²) in [5.41, 5.74) is 1.13. The second-order valence-corrected chi connectivity index (χ2v) is 4.84. The second-order valence-electron chi connectivity index (χ2n) is 4.84. The first-order valence-corrected chi connectivity index (χ1v) is 6.80. The van der Waals surface area contributed by atoms with Crippen molar-refractivity contribution in [3.8, 4) is 5.75 Å². The first kappa shape index (κ1) is 15.7. The number of benzene rings is 2. The molecule has 2 aromatic carbocycles. The fourth-order valence-electron chi connectivity index (χ4n) is 1.83. The van der Waals surface area contributed by atoms with E-state index in [1.807, 2.05) is 0 Å². The number of ether oxygens (including phenoxy) is 1. The molecular formula is C17H16FNO3. The summed E-state index contributed by atoms with van der Waals surface area (Å²) in [7, 11) is 0. The molecule has 1 atom stereocenters. The van der Waals surface area contributed by atoms with Gasteiger partial charge in [0.2, 0.25) is 0 Å². The normalized spacial score (nSPS) is 11.6. The molecule has 5 heteroatoms. The topological polar surface area (TPSA) is 55.4 Å². The number of nitrogens with one attached hydrogen (secondary N) is 1. The number of hydrogen-bond acceptors (Lipinski definition) is 3. The second kappa shape index (κ2) is 6.85. The van der Waals surface area contributed by atoms with Gasteiger partial charge in [0.1, 0.15) is 11.6 Å². The summed E-state index contributed by atoms with van der Waals surface area (Å²) in [4.78, 5) is 23.2. The molecule has 0 unspecified atom stereocenters. The number of rotatable bonds is 5. The average Bonchev–Trinajstić information content (AvgIpc) is 2.47. The van der Waals surface area contributed by atoms with Crippen LogP contribution in [0.15, 0.2) is 48.5 Å². The monoisotopic (exact) mass is 301 g/mol. The minimum absolute atomic E-state index is 0.0410. The van der Waals surface area contributed by atoms with Gasteiger partial charge in [-0.05, 0) is 50.2 Å². The predicted octanol–water partition coefficient (Wildman–Crippen LogP) is 3.43. The number of halogens is 1. The molecule has 0 aliphatic rings. The van der Waals surface area contributed by atoms with Gasteiger partial charge in [-0.25, -0.2) is 4.39 Å². The third kappa shape index (κ3) is 4.15. The molecule has 0 bridgehead atoms. The zero-order chi connectivity index (χ0) is 16.1. The van der Waals surface area contributed by atoms with Crippen LogP contribution in [0.4, 0.5) is 10.1 Å². The molecule has 4 nitrogen and oxygen atoms in total. The molecule has 1 N–H and O–H groups in total. The van der Waals surface area contributed by atoms with Crippen LogP contribution in [0.3, 0.4) is 0 Å². The van der Waals surface area contributed by atoms with Crippen molar-refractivity contribution in [2.75, 3.05) is 5.32 Å². The smallest absolute Gasteiger partial charge is 0.265 e. The summed E-state index contributed by atoms with van der Waals surface area (Å²) in [6.07, 6.45) is -0.783. The molecule has 0 radical (unpaired) electrons. The molecule has 2 rings (SSSR count). The zero-order valence-electron chi connectivity index (χ0n) is 12.3. The van der Waals surface area contributed by atoms with Crippen LogP contribution < -0.4 is 10.1 Å². The van der Waals surface area contributed by atoms with Crippen LogP contribution in [0.1, 0.15) is 24.2 Å². The van der Waals surface area contributed by atoms with Crippen molar-refractivity contribution in [3.63, 3.8) is 0 Å². The Morgan fingerprint density at radius 2 is 1.82 bits per heavy atom.